The number of amides is 4. The Hall–Kier alpha value is -2.20. The van der Waals surface area contributed by atoms with E-state index in [0.29, 0.717) is 78.0 Å². The molecule has 0 aromatic rings. The minimum Gasteiger partial charge on any atom is -0.355 e. The van der Waals surface area contributed by atoms with Crippen LogP contribution in [0.2, 0.25) is 0 Å². The molecule has 0 atom stereocenters. The lowest BCUT2D eigenvalue weighted by Crippen LogP contribution is -2.45. The quantitative estimate of drug-likeness (QED) is 0.212. The fourth-order valence-electron chi connectivity index (χ4n) is 2.87. The van der Waals surface area contributed by atoms with Gasteiger partial charge in [-0.15, -0.1) is 0 Å². The fourth-order valence-corrected chi connectivity index (χ4v) is 2.87. The van der Waals surface area contributed by atoms with Crippen molar-refractivity contribution >= 4 is 23.6 Å². The molecule has 4 N–H and O–H groups in total. The van der Waals surface area contributed by atoms with Crippen LogP contribution in [0.4, 0.5) is 0 Å². The molecule has 0 aromatic carbocycles. The summed E-state index contributed by atoms with van der Waals surface area (Å²) in [6.07, 6.45) is 1.81. The van der Waals surface area contributed by atoms with E-state index in [-0.39, 0.29) is 23.6 Å². The zero-order valence-corrected chi connectivity index (χ0v) is 20.4. The Morgan fingerprint density at radius 3 is 0.844 bits per heavy atom. The van der Waals surface area contributed by atoms with Crippen molar-refractivity contribution in [3.8, 4) is 0 Å². The summed E-state index contributed by atoms with van der Waals surface area (Å²) in [5.41, 5.74) is 0. The molecule has 0 fully saturated rings. The van der Waals surface area contributed by atoms with Crippen molar-refractivity contribution in [2.45, 2.75) is 53.4 Å². The van der Waals surface area contributed by atoms with Crippen molar-refractivity contribution in [3.05, 3.63) is 0 Å². The Kier molecular flexibility index (Phi) is 18.1. The van der Waals surface area contributed by atoms with E-state index >= 15 is 0 Å². The maximum Gasteiger partial charge on any atom is 0.219 e. The lowest BCUT2D eigenvalue weighted by atomic mass is 10.3. The van der Waals surface area contributed by atoms with Crippen LogP contribution in [-0.2, 0) is 19.2 Å². The van der Waals surface area contributed by atoms with Crippen molar-refractivity contribution in [1.82, 2.24) is 31.1 Å². The molecule has 10 nitrogen and oxygen atoms in total. The highest BCUT2D eigenvalue weighted by atomic mass is 16.2. The van der Waals surface area contributed by atoms with Gasteiger partial charge in [-0.3, -0.25) is 29.0 Å². The lowest BCUT2D eigenvalue weighted by Gasteiger charge is -2.28. The van der Waals surface area contributed by atoms with E-state index in [2.05, 4.69) is 31.1 Å². The summed E-state index contributed by atoms with van der Waals surface area (Å²) in [6.45, 7) is 13.7. The summed E-state index contributed by atoms with van der Waals surface area (Å²) in [5, 5.41) is 11.6. The average molecular weight is 457 g/mol. The predicted molar refractivity (Wildman–Crippen MR) is 126 cm³/mol. The molecule has 0 heterocycles. The first kappa shape index (κ1) is 29.8. The number of carbonyl (C=O) groups is 4. The van der Waals surface area contributed by atoms with Gasteiger partial charge in [-0.1, -0.05) is 27.7 Å². The van der Waals surface area contributed by atoms with Gasteiger partial charge in [0.1, 0.15) is 0 Å². The summed E-state index contributed by atoms with van der Waals surface area (Å²) >= 11 is 0. The number of carbonyl (C=O) groups excluding carboxylic acids is 4. The van der Waals surface area contributed by atoms with Crippen molar-refractivity contribution in [1.29, 1.82) is 0 Å². The predicted octanol–water partition coefficient (Wildman–Crippen LogP) is -0.305. The second-order valence-corrected chi connectivity index (χ2v) is 7.50. The topological polar surface area (TPSA) is 123 Å². The summed E-state index contributed by atoms with van der Waals surface area (Å²) in [6, 6.07) is 0. The molecule has 0 rings (SSSR count). The van der Waals surface area contributed by atoms with E-state index in [1.165, 1.54) is 0 Å². The maximum absolute atomic E-state index is 11.5. The van der Waals surface area contributed by atoms with Gasteiger partial charge >= 0.3 is 0 Å². The first-order valence-electron chi connectivity index (χ1n) is 11.9. The van der Waals surface area contributed by atoms with E-state index in [9.17, 15) is 19.2 Å². The third-order valence-corrected chi connectivity index (χ3v) is 5.02. The minimum atomic E-state index is 0.0178. The molecular weight excluding hydrogens is 412 g/mol. The molecule has 0 radical (unpaired) electrons. The third-order valence-electron chi connectivity index (χ3n) is 5.02. The van der Waals surface area contributed by atoms with Crippen LogP contribution >= 0.6 is 0 Å². The van der Waals surface area contributed by atoms with Crippen molar-refractivity contribution in [3.63, 3.8) is 0 Å². The molecule has 0 aliphatic heterocycles. The molecular formula is C22H44N6O4. The molecule has 10 heteroatoms. The molecule has 32 heavy (non-hydrogen) atoms. The highest BCUT2D eigenvalue weighted by molar-refractivity contribution is 5.76. The molecule has 0 unspecified atom stereocenters. The van der Waals surface area contributed by atoms with Gasteiger partial charge in [0.2, 0.25) is 23.6 Å². The Morgan fingerprint density at radius 1 is 0.438 bits per heavy atom. The van der Waals surface area contributed by atoms with Crippen LogP contribution in [0.15, 0.2) is 0 Å². The molecule has 0 aliphatic carbocycles. The molecule has 0 saturated carbocycles. The largest absolute Gasteiger partial charge is 0.355 e. The number of hydrogen-bond acceptors (Lipinski definition) is 6. The Morgan fingerprint density at radius 2 is 0.656 bits per heavy atom. The maximum atomic E-state index is 11.5. The van der Waals surface area contributed by atoms with Gasteiger partial charge in [-0.25, -0.2) is 0 Å². The number of rotatable bonds is 19. The van der Waals surface area contributed by atoms with Crippen molar-refractivity contribution in [2.75, 3.05) is 65.4 Å². The standard InChI is InChI=1S/C22H44N6O4/c1-5-19(29)23-9-13-27(14-10-24-20(30)6-2)17-18-28(15-11-25-21(31)7-3)16-12-26-22(32)8-4/h5-18H2,1-4H3,(H,23,29)(H,24,30)(H,25,31)(H,26,32). The average Bonchev–Trinajstić information content (AvgIpc) is 2.80. The minimum absolute atomic E-state index is 0.0178. The Labute approximate surface area is 193 Å². The molecule has 0 saturated heterocycles. The summed E-state index contributed by atoms with van der Waals surface area (Å²) in [4.78, 5) is 50.5. The smallest absolute Gasteiger partial charge is 0.219 e. The molecule has 0 aromatic heterocycles. The van der Waals surface area contributed by atoms with Crippen molar-refractivity contribution in [2.24, 2.45) is 0 Å². The molecule has 0 aliphatic rings. The van der Waals surface area contributed by atoms with Gasteiger partial charge in [-0.05, 0) is 0 Å². The number of nitrogens with one attached hydrogen (secondary N) is 4. The van der Waals surface area contributed by atoms with E-state index < -0.39 is 0 Å². The zero-order valence-electron chi connectivity index (χ0n) is 20.4. The molecule has 4 amide bonds. The van der Waals surface area contributed by atoms with E-state index in [1.807, 2.05) is 27.7 Å². The fraction of sp³-hybridized carbons (Fsp3) is 0.818. The van der Waals surface area contributed by atoms with Crippen LogP contribution in [0.3, 0.4) is 0 Å². The number of hydrogen-bond donors (Lipinski definition) is 4. The lowest BCUT2D eigenvalue weighted by molar-refractivity contribution is -0.121. The van der Waals surface area contributed by atoms with Crippen LogP contribution in [0.25, 0.3) is 0 Å². The van der Waals surface area contributed by atoms with Crippen LogP contribution < -0.4 is 21.3 Å². The SMILES string of the molecule is CCC(=O)NCCN(CCNC(=O)CC)CCN(CCNC(=O)CC)CCNC(=O)CC. The Balaban J connectivity index is 4.75. The summed E-state index contributed by atoms with van der Waals surface area (Å²) < 4.78 is 0. The van der Waals surface area contributed by atoms with Crippen LogP contribution in [0.1, 0.15) is 53.4 Å². The summed E-state index contributed by atoms with van der Waals surface area (Å²) in [5.74, 6) is 0.0711. The zero-order chi connectivity index (χ0) is 24.2. The first-order valence-corrected chi connectivity index (χ1v) is 11.9. The van der Waals surface area contributed by atoms with E-state index in [4.69, 9.17) is 0 Å². The highest BCUT2D eigenvalue weighted by Crippen LogP contribution is 1.94. The van der Waals surface area contributed by atoms with Crippen molar-refractivity contribution < 1.29 is 19.2 Å². The van der Waals surface area contributed by atoms with Gasteiger partial charge in [0.05, 0.1) is 0 Å². The monoisotopic (exact) mass is 456 g/mol. The Bertz CT molecular complexity index is 467. The summed E-state index contributed by atoms with van der Waals surface area (Å²) in [7, 11) is 0. The second kappa shape index (κ2) is 19.5. The normalized spacial score (nSPS) is 10.8. The van der Waals surface area contributed by atoms with Gasteiger partial charge in [0.25, 0.3) is 0 Å². The van der Waals surface area contributed by atoms with Gasteiger partial charge < -0.3 is 21.3 Å². The number of nitrogens with zero attached hydrogens (tertiary/aromatic N) is 2. The second-order valence-electron chi connectivity index (χ2n) is 7.50. The molecule has 0 bridgehead atoms. The van der Waals surface area contributed by atoms with E-state index in [1.54, 1.807) is 0 Å². The van der Waals surface area contributed by atoms with Gasteiger partial charge in [0, 0.05) is 91.1 Å². The van der Waals surface area contributed by atoms with Gasteiger partial charge in [-0.2, -0.15) is 0 Å². The molecule has 186 valence electrons. The van der Waals surface area contributed by atoms with E-state index in [0.717, 1.165) is 13.1 Å². The van der Waals surface area contributed by atoms with Gasteiger partial charge in [0.15, 0.2) is 0 Å². The van der Waals surface area contributed by atoms with Crippen LogP contribution in [-0.4, -0.2) is 98.9 Å². The first-order chi connectivity index (χ1) is 15.4. The van der Waals surface area contributed by atoms with Crippen LogP contribution in [0.5, 0.6) is 0 Å². The third kappa shape index (κ3) is 16.5. The molecule has 0 spiro atoms. The highest BCUT2D eigenvalue weighted by Gasteiger charge is 2.11. The van der Waals surface area contributed by atoms with Crippen LogP contribution in [0, 0.1) is 0 Å².